The minimum atomic E-state index is -0.410. The van der Waals surface area contributed by atoms with Gasteiger partial charge >= 0.3 is 6.01 Å². The molecule has 0 saturated heterocycles. The van der Waals surface area contributed by atoms with Gasteiger partial charge in [-0.3, -0.25) is 4.79 Å². The van der Waals surface area contributed by atoms with Gasteiger partial charge in [-0.2, -0.15) is 4.98 Å². The smallest absolute Gasteiger partial charge is 0.336 e. The van der Waals surface area contributed by atoms with Crippen LogP contribution >= 0.6 is 0 Å². The zero-order valence-electron chi connectivity index (χ0n) is 17.6. The summed E-state index contributed by atoms with van der Waals surface area (Å²) in [5.41, 5.74) is 2.06. The van der Waals surface area contributed by atoms with E-state index < -0.39 is 5.82 Å². The van der Waals surface area contributed by atoms with Crippen molar-refractivity contribution < 1.29 is 18.7 Å². The van der Waals surface area contributed by atoms with E-state index in [1.165, 1.54) is 10.7 Å². The lowest BCUT2D eigenvalue weighted by Gasteiger charge is -2.09. The number of rotatable bonds is 7. The van der Waals surface area contributed by atoms with E-state index in [9.17, 15) is 9.18 Å². The molecule has 32 heavy (non-hydrogen) atoms. The zero-order valence-corrected chi connectivity index (χ0v) is 17.6. The van der Waals surface area contributed by atoms with Crippen LogP contribution in [0.2, 0.25) is 0 Å². The van der Waals surface area contributed by atoms with Gasteiger partial charge in [0.25, 0.3) is 5.91 Å². The Kier molecular flexibility index (Phi) is 6.12. The molecule has 1 heterocycles. The Morgan fingerprint density at radius 2 is 1.75 bits per heavy atom. The molecule has 0 aliphatic carbocycles. The van der Waals surface area contributed by atoms with Crippen molar-refractivity contribution in [2.75, 3.05) is 19.0 Å². The predicted molar refractivity (Wildman–Crippen MR) is 119 cm³/mol. The van der Waals surface area contributed by atoms with E-state index in [1.54, 1.807) is 73.8 Å². The van der Waals surface area contributed by atoms with Crippen molar-refractivity contribution in [3.63, 3.8) is 0 Å². The number of nitrogens with zero attached hydrogens (tertiary/aromatic N) is 3. The first-order valence-electron chi connectivity index (χ1n) is 9.99. The maximum atomic E-state index is 14.4. The molecule has 3 aromatic carbocycles. The molecule has 4 aromatic rings. The number of aromatic nitrogens is 3. The van der Waals surface area contributed by atoms with Gasteiger partial charge in [-0.25, -0.2) is 9.07 Å². The van der Waals surface area contributed by atoms with Gasteiger partial charge in [0.1, 0.15) is 11.6 Å². The summed E-state index contributed by atoms with van der Waals surface area (Å²) in [5.74, 6) is 0.344. The second-order valence-corrected chi connectivity index (χ2v) is 6.77. The Morgan fingerprint density at radius 1 is 1.03 bits per heavy atom. The molecule has 162 valence electrons. The van der Waals surface area contributed by atoms with Gasteiger partial charge in [-0.1, -0.05) is 12.1 Å². The number of carbonyl (C=O) groups is 1. The van der Waals surface area contributed by atoms with Crippen molar-refractivity contribution in [2.24, 2.45) is 0 Å². The Balaban J connectivity index is 1.59. The summed E-state index contributed by atoms with van der Waals surface area (Å²) in [7, 11) is 1.57. The largest absolute Gasteiger partial charge is 0.497 e. The third-order valence-electron chi connectivity index (χ3n) is 4.70. The summed E-state index contributed by atoms with van der Waals surface area (Å²) < 4.78 is 26.4. The van der Waals surface area contributed by atoms with E-state index in [1.807, 2.05) is 6.92 Å². The van der Waals surface area contributed by atoms with Crippen LogP contribution in [-0.2, 0) is 0 Å². The highest BCUT2D eigenvalue weighted by molar-refractivity contribution is 6.04. The Bertz CT molecular complexity index is 1220. The van der Waals surface area contributed by atoms with Gasteiger partial charge in [0.15, 0.2) is 5.82 Å². The van der Waals surface area contributed by atoms with Crippen LogP contribution in [0.3, 0.4) is 0 Å². The highest BCUT2D eigenvalue weighted by atomic mass is 19.1. The van der Waals surface area contributed by atoms with E-state index in [2.05, 4.69) is 15.4 Å². The fourth-order valence-electron chi connectivity index (χ4n) is 3.11. The topological polar surface area (TPSA) is 78.3 Å². The fraction of sp³-hybridized carbons (Fsp3) is 0.125. The van der Waals surface area contributed by atoms with Crippen molar-refractivity contribution in [1.29, 1.82) is 0 Å². The number of hydrogen-bond donors (Lipinski definition) is 1. The van der Waals surface area contributed by atoms with Gasteiger partial charge in [-0.15, -0.1) is 5.10 Å². The number of halogens is 1. The molecule has 0 aliphatic heterocycles. The first-order chi connectivity index (χ1) is 15.6. The molecular weight excluding hydrogens is 411 g/mol. The minimum absolute atomic E-state index is 0.155. The predicted octanol–water partition coefficient (Wildman–Crippen LogP) is 4.73. The molecule has 0 saturated carbocycles. The van der Waals surface area contributed by atoms with Crippen LogP contribution in [0, 0.1) is 5.82 Å². The molecule has 8 heteroatoms. The lowest BCUT2D eigenvalue weighted by molar-refractivity contribution is 0.102. The van der Waals surface area contributed by atoms with Crippen LogP contribution in [0.25, 0.3) is 17.1 Å². The SMILES string of the molecule is CCOc1nc(-c2ccccc2F)n(-c2ccc(NC(=O)c3ccc(OC)cc3)cc2)n1. The second-order valence-electron chi connectivity index (χ2n) is 6.77. The van der Waals surface area contributed by atoms with Crippen LogP contribution in [-0.4, -0.2) is 34.4 Å². The first kappa shape index (κ1) is 21.0. The van der Waals surface area contributed by atoms with E-state index in [0.29, 0.717) is 40.7 Å². The summed E-state index contributed by atoms with van der Waals surface area (Å²) in [6.07, 6.45) is 0. The van der Waals surface area contributed by atoms with E-state index in [4.69, 9.17) is 9.47 Å². The van der Waals surface area contributed by atoms with Gasteiger partial charge in [0.2, 0.25) is 0 Å². The number of nitrogens with one attached hydrogen (secondary N) is 1. The molecular formula is C24H21FN4O3. The fourth-order valence-corrected chi connectivity index (χ4v) is 3.11. The quantitative estimate of drug-likeness (QED) is 0.457. The summed E-state index contributed by atoms with van der Waals surface area (Å²) in [5, 5.41) is 7.21. The van der Waals surface area contributed by atoms with Crippen molar-refractivity contribution in [3.8, 4) is 28.8 Å². The number of ether oxygens (including phenoxy) is 2. The van der Waals surface area contributed by atoms with Crippen molar-refractivity contribution in [1.82, 2.24) is 14.8 Å². The molecule has 0 bridgehead atoms. The standard InChI is InChI=1S/C24H21FN4O3/c1-3-32-24-27-22(20-6-4-5-7-21(20)25)29(28-24)18-12-10-17(11-13-18)26-23(30)16-8-14-19(31-2)15-9-16/h4-15H,3H2,1-2H3,(H,26,30). The molecule has 0 spiro atoms. The highest BCUT2D eigenvalue weighted by Gasteiger charge is 2.17. The van der Waals surface area contributed by atoms with Crippen molar-refractivity contribution in [3.05, 3.63) is 84.2 Å². The molecule has 1 amide bonds. The molecule has 0 unspecified atom stereocenters. The highest BCUT2D eigenvalue weighted by Crippen LogP contribution is 2.26. The average molecular weight is 432 g/mol. The molecule has 1 aromatic heterocycles. The number of benzene rings is 3. The summed E-state index contributed by atoms with van der Waals surface area (Å²) >= 11 is 0. The van der Waals surface area contributed by atoms with Crippen LogP contribution < -0.4 is 14.8 Å². The maximum absolute atomic E-state index is 14.4. The summed E-state index contributed by atoms with van der Waals surface area (Å²) in [6.45, 7) is 2.21. The Labute approximate surface area is 184 Å². The number of amides is 1. The normalized spacial score (nSPS) is 10.6. The number of anilines is 1. The molecule has 1 N–H and O–H groups in total. The molecule has 4 rings (SSSR count). The Hall–Kier alpha value is -4.20. The van der Waals surface area contributed by atoms with Gasteiger partial charge in [0.05, 0.1) is 25.0 Å². The minimum Gasteiger partial charge on any atom is -0.497 e. The lowest BCUT2D eigenvalue weighted by atomic mass is 10.2. The van der Waals surface area contributed by atoms with Crippen LogP contribution in [0.4, 0.5) is 10.1 Å². The summed E-state index contributed by atoms with van der Waals surface area (Å²) in [4.78, 5) is 16.8. The summed E-state index contributed by atoms with van der Waals surface area (Å²) in [6, 6.07) is 20.3. The first-order valence-corrected chi connectivity index (χ1v) is 9.99. The average Bonchev–Trinajstić information content (AvgIpc) is 3.24. The molecule has 0 atom stereocenters. The zero-order chi connectivity index (χ0) is 22.5. The van der Waals surface area contributed by atoms with Crippen LogP contribution in [0.15, 0.2) is 72.8 Å². The van der Waals surface area contributed by atoms with Crippen molar-refractivity contribution in [2.45, 2.75) is 6.92 Å². The molecule has 0 radical (unpaired) electrons. The molecule has 0 aliphatic rings. The van der Waals surface area contributed by atoms with E-state index in [0.717, 1.165) is 0 Å². The third kappa shape index (κ3) is 4.44. The monoisotopic (exact) mass is 432 g/mol. The maximum Gasteiger partial charge on any atom is 0.336 e. The second kappa shape index (κ2) is 9.30. The van der Waals surface area contributed by atoms with E-state index in [-0.39, 0.29) is 11.9 Å². The number of hydrogen-bond acceptors (Lipinski definition) is 5. The van der Waals surface area contributed by atoms with Crippen molar-refractivity contribution >= 4 is 11.6 Å². The molecule has 7 nitrogen and oxygen atoms in total. The van der Waals surface area contributed by atoms with E-state index >= 15 is 0 Å². The molecule has 0 fully saturated rings. The number of carbonyl (C=O) groups excluding carboxylic acids is 1. The van der Waals surface area contributed by atoms with Gasteiger partial charge in [0, 0.05) is 11.3 Å². The van der Waals surface area contributed by atoms with Gasteiger partial charge in [-0.05, 0) is 67.6 Å². The van der Waals surface area contributed by atoms with Crippen LogP contribution in [0.1, 0.15) is 17.3 Å². The number of methoxy groups -OCH3 is 1. The van der Waals surface area contributed by atoms with Gasteiger partial charge < -0.3 is 14.8 Å². The third-order valence-corrected chi connectivity index (χ3v) is 4.70. The Morgan fingerprint density at radius 3 is 2.41 bits per heavy atom. The van der Waals surface area contributed by atoms with Crippen LogP contribution in [0.5, 0.6) is 11.8 Å². The lowest BCUT2D eigenvalue weighted by Crippen LogP contribution is -2.11.